The minimum Gasteiger partial charge on any atom is -0.367 e. The Labute approximate surface area is 139 Å². The highest BCUT2D eigenvalue weighted by Gasteiger charge is 2.21. The van der Waals surface area contributed by atoms with Crippen LogP contribution in [0, 0.1) is 0 Å². The van der Waals surface area contributed by atoms with Gasteiger partial charge < -0.3 is 14.4 Å². The van der Waals surface area contributed by atoms with Crippen LogP contribution in [0.5, 0.6) is 0 Å². The molecule has 0 radical (unpaired) electrons. The summed E-state index contributed by atoms with van der Waals surface area (Å²) in [6.07, 6.45) is 5.37. The number of aromatic nitrogens is 5. The van der Waals surface area contributed by atoms with E-state index in [-0.39, 0.29) is 5.56 Å². The van der Waals surface area contributed by atoms with E-state index >= 15 is 0 Å². The summed E-state index contributed by atoms with van der Waals surface area (Å²) in [7, 11) is 3.64. The van der Waals surface area contributed by atoms with Gasteiger partial charge in [-0.3, -0.25) is 4.79 Å². The second kappa shape index (κ2) is 5.63. The van der Waals surface area contributed by atoms with Gasteiger partial charge in [0.15, 0.2) is 0 Å². The zero-order valence-corrected chi connectivity index (χ0v) is 13.8. The van der Waals surface area contributed by atoms with Crippen molar-refractivity contribution >= 4 is 22.5 Å². The fourth-order valence-electron chi connectivity index (χ4n) is 3.13. The molecule has 24 heavy (non-hydrogen) atoms. The standard InChI is InChI=1S/C16H19N7O/c1-20-4-3-13-15(20)17-11-18-16(13)23-7-5-22(6-8-23)12-9-14(24)21(2)19-10-12/h3-4,9-11H,5-8H2,1-2H3. The Morgan fingerprint density at radius 3 is 2.54 bits per heavy atom. The van der Waals surface area contributed by atoms with E-state index < -0.39 is 0 Å². The van der Waals surface area contributed by atoms with Crippen LogP contribution in [0.1, 0.15) is 0 Å². The number of piperazine rings is 1. The SMILES string of the molecule is Cn1ncc(N2CCN(c3ncnc4c3ccn4C)CC2)cc1=O. The van der Waals surface area contributed by atoms with E-state index in [1.54, 1.807) is 25.6 Å². The normalized spacial score (nSPS) is 15.2. The lowest BCUT2D eigenvalue weighted by atomic mass is 10.2. The van der Waals surface area contributed by atoms with E-state index in [1.165, 1.54) is 4.68 Å². The van der Waals surface area contributed by atoms with Gasteiger partial charge in [0.25, 0.3) is 5.56 Å². The summed E-state index contributed by atoms with van der Waals surface area (Å²) >= 11 is 0. The van der Waals surface area contributed by atoms with Crippen molar-refractivity contribution in [3.63, 3.8) is 0 Å². The predicted molar refractivity (Wildman–Crippen MR) is 92.4 cm³/mol. The molecule has 3 aromatic heterocycles. The first-order valence-corrected chi connectivity index (χ1v) is 7.93. The molecule has 1 fully saturated rings. The lowest BCUT2D eigenvalue weighted by Crippen LogP contribution is -2.47. The Bertz CT molecular complexity index is 937. The summed E-state index contributed by atoms with van der Waals surface area (Å²) in [5.41, 5.74) is 1.74. The van der Waals surface area contributed by atoms with Crippen LogP contribution in [0.25, 0.3) is 11.0 Å². The van der Waals surface area contributed by atoms with Crippen LogP contribution in [-0.2, 0) is 14.1 Å². The van der Waals surface area contributed by atoms with Gasteiger partial charge in [-0.25, -0.2) is 14.6 Å². The third-order valence-corrected chi connectivity index (χ3v) is 4.54. The summed E-state index contributed by atoms with van der Waals surface area (Å²) in [6, 6.07) is 3.70. The van der Waals surface area contributed by atoms with Crippen molar-refractivity contribution in [2.24, 2.45) is 14.1 Å². The molecule has 0 spiro atoms. The van der Waals surface area contributed by atoms with Crippen LogP contribution < -0.4 is 15.4 Å². The number of fused-ring (bicyclic) bond motifs is 1. The van der Waals surface area contributed by atoms with Crippen molar-refractivity contribution in [3.8, 4) is 0 Å². The minimum atomic E-state index is -0.0864. The molecule has 8 nitrogen and oxygen atoms in total. The topological polar surface area (TPSA) is 72.1 Å². The van der Waals surface area contributed by atoms with Gasteiger partial charge in [0.05, 0.1) is 17.3 Å². The summed E-state index contributed by atoms with van der Waals surface area (Å²) in [6.45, 7) is 3.34. The number of nitrogens with zero attached hydrogens (tertiary/aromatic N) is 7. The van der Waals surface area contributed by atoms with Crippen molar-refractivity contribution in [2.75, 3.05) is 36.0 Å². The first-order chi connectivity index (χ1) is 11.6. The maximum atomic E-state index is 11.8. The summed E-state index contributed by atoms with van der Waals surface area (Å²) in [4.78, 5) is 25.1. The quantitative estimate of drug-likeness (QED) is 0.679. The first kappa shape index (κ1) is 14.7. The zero-order chi connectivity index (χ0) is 16.7. The van der Waals surface area contributed by atoms with Crippen molar-refractivity contribution in [2.45, 2.75) is 0 Å². The molecule has 4 rings (SSSR count). The van der Waals surface area contributed by atoms with E-state index in [0.29, 0.717) is 0 Å². The molecule has 0 saturated carbocycles. The Morgan fingerprint density at radius 2 is 1.79 bits per heavy atom. The molecule has 4 heterocycles. The molecule has 8 heteroatoms. The molecule has 1 aliphatic heterocycles. The van der Waals surface area contributed by atoms with Crippen LogP contribution >= 0.6 is 0 Å². The van der Waals surface area contributed by atoms with E-state index in [9.17, 15) is 4.79 Å². The largest absolute Gasteiger partial charge is 0.367 e. The zero-order valence-electron chi connectivity index (χ0n) is 13.8. The summed E-state index contributed by atoms with van der Waals surface area (Å²) < 4.78 is 3.34. The Kier molecular flexibility index (Phi) is 3.44. The molecule has 0 atom stereocenters. The molecule has 1 aliphatic rings. The Hall–Kier alpha value is -2.90. The fourth-order valence-corrected chi connectivity index (χ4v) is 3.13. The van der Waals surface area contributed by atoms with Gasteiger partial charge in [0, 0.05) is 52.5 Å². The van der Waals surface area contributed by atoms with Crippen LogP contribution in [0.4, 0.5) is 11.5 Å². The molecule has 3 aromatic rings. The summed E-state index contributed by atoms with van der Waals surface area (Å²) in [5, 5.41) is 5.17. The Morgan fingerprint density at radius 1 is 1.04 bits per heavy atom. The van der Waals surface area contributed by atoms with Crippen LogP contribution in [-0.4, -0.2) is 50.5 Å². The highest BCUT2D eigenvalue weighted by molar-refractivity contribution is 5.87. The second-order valence-electron chi connectivity index (χ2n) is 6.01. The monoisotopic (exact) mass is 325 g/mol. The van der Waals surface area contributed by atoms with Gasteiger partial charge in [-0.1, -0.05) is 0 Å². The Balaban J connectivity index is 1.55. The molecule has 0 amide bonds. The molecule has 0 unspecified atom stereocenters. The van der Waals surface area contributed by atoms with Crippen LogP contribution in [0.15, 0.2) is 35.6 Å². The van der Waals surface area contributed by atoms with Crippen LogP contribution in [0.2, 0.25) is 0 Å². The van der Waals surface area contributed by atoms with Crippen molar-refractivity contribution < 1.29 is 0 Å². The van der Waals surface area contributed by atoms with Gasteiger partial charge >= 0.3 is 0 Å². The molecular formula is C16H19N7O. The van der Waals surface area contributed by atoms with Gasteiger partial charge in [-0.05, 0) is 6.07 Å². The average Bonchev–Trinajstić information content (AvgIpc) is 2.99. The molecule has 0 N–H and O–H groups in total. The van der Waals surface area contributed by atoms with Gasteiger partial charge in [-0.2, -0.15) is 5.10 Å². The minimum absolute atomic E-state index is 0.0864. The van der Waals surface area contributed by atoms with Crippen molar-refractivity contribution in [1.82, 2.24) is 24.3 Å². The van der Waals surface area contributed by atoms with Gasteiger partial charge in [0.1, 0.15) is 17.8 Å². The maximum absolute atomic E-state index is 11.8. The third-order valence-electron chi connectivity index (χ3n) is 4.54. The highest BCUT2D eigenvalue weighted by Crippen LogP contribution is 2.25. The van der Waals surface area contributed by atoms with E-state index in [0.717, 1.165) is 48.7 Å². The molecular weight excluding hydrogens is 306 g/mol. The predicted octanol–water partition coefficient (Wildman–Crippen LogP) is 0.389. The smallest absolute Gasteiger partial charge is 0.268 e. The lowest BCUT2D eigenvalue weighted by molar-refractivity contribution is 0.639. The van der Waals surface area contributed by atoms with Gasteiger partial charge in [0.2, 0.25) is 0 Å². The summed E-state index contributed by atoms with van der Waals surface area (Å²) in [5.74, 6) is 0.974. The van der Waals surface area contributed by atoms with Crippen molar-refractivity contribution in [1.29, 1.82) is 0 Å². The number of rotatable bonds is 2. The average molecular weight is 325 g/mol. The maximum Gasteiger partial charge on any atom is 0.268 e. The highest BCUT2D eigenvalue weighted by atomic mass is 16.1. The third kappa shape index (κ3) is 2.40. The number of anilines is 2. The van der Waals surface area contributed by atoms with E-state index in [1.807, 2.05) is 17.8 Å². The van der Waals surface area contributed by atoms with Crippen molar-refractivity contribution in [3.05, 3.63) is 41.2 Å². The molecule has 124 valence electrons. The number of hydrogen-bond acceptors (Lipinski definition) is 6. The fraction of sp³-hybridized carbons (Fsp3) is 0.375. The van der Waals surface area contributed by atoms with Crippen LogP contribution in [0.3, 0.4) is 0 Å². The van der Waals surface area contributed by atoms with E-state index in [2.05, 4.69) is 30.9 Å². The first-order valence-electron chi connectivity index (χ1n) is 7.93. The molecule has 0 aromatic carbocycles. The number of aryl methyl sites for hydroxylation is 2. The molecule has 0 aliphatic carbocycles. The molecule has 0 bridgehead atoms. The van der Waals surface area contributed by atoms with Gasteiger partial charge in [-0.15, -0.1) is 0 Å². The second-order valence-corrected chi connectivity index (χ2v) is 6.01. The number of hydrogen-bond donors (Lipinski definition) is 0. The van der Waals surface area contributed by atoms with E-state index in [4.69, 9.17) is 0 Å². The molecule has 1 saturated heterocycles. The lowest BCUT2D eigenvalue weighted by Gasteiger charge is -2.36.